The SMILES string of the molecule is NC(=O)O.NC(=O)O.NC(=O)O.O=C(O)CCCCCNc1nc(NCCCCCC(=O)O)nc(NCCCCCC(=O)O)n1. The van der Waals surface area contributed by atoms with Crippen molar-refractivity contribution in [1.29, 1.82) is 0 Å². The number of primary amides is 3. The Hall–Kier alpha value is -5.37. The number of aliphatic carboxylic acids is 3. The molecule has 0 bridgehead atoms. The monoisotopic (exact) mass is 651 g/mol. The molecule has 1 aromatic heterocycles. The maximum atomic E-state index is 10.6. The molecule has 258 valence electrons. The average Bonchev–Trinajstić information content (AvgIpc) is 2.88. The van der Waals surface area contributed by atoms with E-state index in [9.17, 15) is 14.4 Å². The lowest BCUT2D eigenvalue weighted by molar-refractivity contribution is -0.138. The van der Waals surface area contributed by atoms with Crippen molar-refractivity contribution < 1.29 is 59.4 Å². The number of amides is 3. The third-order valence-electron chi connectivity index (χ3n) is 4.69. The summed E-state index contributed by atoms with van der Waals surface area (Å²) in [5.74, 6) is -1.16. The minimum Gasteiger partial charge on any atom is -0.481 e. The molecular weight excluding hydrogens is 606 g/mol. The van der Waals surface area contributed by atoms with Gasteiger partial charge in [-0.1, -0.05) is 19.3 Å². The second kappa shape index (κ2) is 30.1. The topological polar surface area (TPSA) is 377 Å². The molecule has 0 atom stereocenters. The molecular formula is C24H45N9O12. The Kier molecular flexibility index (Phi) is 29.5. The molecule has 0 unspecified atom stereocenters. The Bertz CT molecular complexity index is 868. The number of nitrogens with zero attached hydrogens (tertiary/aromatic N) is 3. The minimum atomic E-state index is -1.33. The molecule has 0 aromatic carbocycles. The van der Waals surface area contributed by atoms with Crippen molar-refractivity contribution in [2.24, 2.45) is 17.2 Å². The largest absolute Gasteiger partial charge is 0.481 e. The van der Waals surface area contributed by atoms with Gasteiger partial charge < -0.3 is 63.8 Å². The Morgan fingerprint density at radius 2 is 0.622 bits per heavy atom. The number of nitrogens with one attached hydrogen (secondary N) is 3. The van der Waals surface area contributed by atoms with Crippen LogP contribution in [0.5, 0.6) is 0 Å². The lowest BCUT2D eigenvalue weighted by Gasteiger charge is -2.11. The van der Waals surface area contributed by atoms with Gasteiger partial charge in [-0.25, -0.2) is 14.4 Å². The van der Waals surface area contributed by atoms with E-state index in [0.29, 0.717) is 56.7 Å². The summed E-state index contributed by atoms with van der Waals surface area (Å²) in [6.07, 6.45) is 3.07. The number of anilines is 3. The highest BCUT2D eigenvalue weighted by atomic mass is 16.4. The molecule has 15 N–H and O–H groups in total. The summed E-state index contributed by atoms with van der Waals surface area (Å²) in [7, 11) is 0. The van der Waals surface area contributed by atoms with E-state index in [2.05, 4.69) is 48.1 Å². The zero-order valence-electron chi connectivity index (χ0n) is 24.8. The van der Waals surface area contributed by atoms with E-state index in [1.54, 1.807) is 0 Å². The molecule has 0 saturated carbocycles. The van der Waals surface area contributed by atoms with Crippen molar-refractivity contribution >= 4 is 54.0 Å². The highest BCUT2D eigenvalue weighted by Crippen LogP contribution is 2.11. The van der Waals surface area contributed by atoms with E-state index in [-0.39, 0.29) is 19.3 Å². The highest BCUT2D eigenvalue weighted by Gasteiger charge is 2.07. The Morgan fingerprint density at radius 1 is 0.422 bits per heavy atom. The summed E-state index contributed by atoms with van der Waals surface area (Å²) in [4.78, 5) is 71.1. The van der Waals surface area contributed by atoms with E-state index < -0.39 is 36.2 Å². The van der Waals surface area contributed by atoms with Crippen molar-refractivity contribution in [1.82, 2.24) is 15.0 Å². The van der Waals surface area contributed by atoms with Crippen LogP contribution in [-0.2, 0) is 14.4 Å². The van der Waals surface area contributed by atoms with Gasteiger partial charge in [-0.15, -0.1) is 0 Å². The standard InChI is InChI=1S/C21H36N6O6.3CH3NO2/c28-16(29)10-4-1-7-13-22-19-25-20(23-14-8-2-5-11-17(30)31)27-21(26-19)24-15-9-3-6-12-18(32)33;3*2-1(3)4/h1-15H2,(H,28,29)(H,30,31)(H,32,33)(H3,22,23,24,25,26,27);3*2H2,(H,3,4). The van der Waals surface area contributed by atoms with Crippen LogP contribution in [0.3, 0.4) is 0 Å². The Balaban J connectivity index is -0.00000125. The van der Waals surface area contributed by atoms with Gasteiger partial charge in [-0.3, -0.25) is 14.4 Å². The van der Waals surface area contributed by atoms with Crippen molar-refractivity contribution in [2.75, 3.05) is 35.6 Å². The van der Waals surface area contributed by atoms with Crippen LogP contribution in [0.15, 0.2) is 0 Å². The molecule has 0 radical (unpaired) electrons. The van der Waals surface area contributed by atoms with Crippen LogP contribution in [0.1, 0.15) is 77.0 Å². The van der Waals surface area contributed by atoms with Crippen LogP contribution in [-0.4, -0.2) is 101 Å². The molecule has 0 saturated heterocycles. The van der Waals surface area contributed by atoms with Gasteiger partial charge in [-0.2, -0.15) is 15.0 Å². The van der Waals surface area contributed by atoms with Crippen LogP contribution in [0, 0.1) is 0 Å². The number of nitrogens with two attached hydrogens (primary N) is 3. The average molecular weight is 652 g/mol. The number of carbonyl (C=O) groups is 6. The first kappa shape index (κ1) is 44.1. The van der Waals surface area contributed by atoms with E-state index in [1.165, 1.54) is 0 Å². The van der Waals surface area contributed by atoms with Crippen molar-refractivity contribution in [3.05, 3.63) is 0 Å². The fraction of sp³-hybridized carbons (Fsp3) is 0.625. The van der Waals surface area contributed by atoms with Crippen LogP contribution in [0.2, 0.25) is 0 Å². The maximum absolute atomic E-state index is 10.6. The number of rotatable bonds is 21. The highest BCUT2D eigenvalue weighted by molar-refractivity contribution is 5.67. The Morgan fingerprint density at radius 3 is 0.800 bits per heavy atom. The van der Waals surface area contributed by atoms with Crippen molar-refractivity contribution in [3.63, 3.8) is 0 Å². The van der Waals surface area contributed by atoms with Gasteiger partial charge in [-0.05, 0) is 38.5 Å². The molecule has 1 aromatic rings. The number of carboxylic acids is 3. The summed E-state index contributed by atoms with van der Waals surface area (Å²) in [6.45, 7) is 1.81. The van der Waals surface area contributed by atoms with Crippen LogP contribution in [0.4, 0.5) is 32.2 Å². The molecule has 0 aliphatic rings. The minimum absolute atomic E-state index is 0.160. The lowest BCUT2D eigenvalue weighted by atomic mass is 10.2. The second-order valence-corrected chi connectivity index (χ2v) is 8.71. The van der Waals surface area contributed by atoms with E-state index in [0.717, 1.165) is 38.5 Å². The van der Waals surface area contributed by atoms with E-state index >= 15 is 0 Å². The van der Waals surface area contributed by atoms with Gasteiger partial charge in [0.2, 0.25) is 17.8 Å². The molecule has 0 aliphatic carbocycles. The van der Waals surface area contributed by atoms with Crippen molar-refractivity contribution in [2.45, 2.75) is 77.0 Å². The zero-order chi connectivity index (χ0) is 35.0. The molecule has 21 nitrogen and oxygen atoms in total. The first-order valence-electron chi connectivity index (χ1n) is 13.6. The third kappa shape index (κ3) is 45.8. The van der Waals surface area contributed by atoms with Gasteiger partial charge in [0.1, 0.15) is 0 Å². The van der Waals surface area contributed by atoms with Gasteiger partial charge in [0.15, 0.2) is 0 Å². The van der Waals surface area contributed by atoms with E-state index in [4.69, 9.17) is 45.0 Å². The van der Waals surface area contributed by atoms with Crippen molar-refractivity contribution in [3.8, 4) is 0 Å². The normalized spacial score (nSPS) is 9.33. The first-order valence-corrected chi connectivity index (χ1v) is 13.6. The molecule has 1 rings (SSSR count). The first-order chi connectivity index (χ1) is 21.1. The fourth-order valence-corrected chi connectivity index (χ4v) is 2.95. The summed E-state index contributed by atoms with van der Waals surface area (Å²) < 4.78 is 0. The zero-order valence-corrected chi connectivity index (χ0v) is 24.8. The second-order valence-electron chi connectivity index (χ2n) is 8.71. The number of aromatic nitrogens is 3. The summed E-state index contributed by atoms with van der Waals surface area (Å²) >= 11 is 0. The van der Waals surface area contributed by atoms with Crippen LogP contribution < -0.4 is 33.2 Å². The molecule has 21 heteroatoms. The van der Waals surface area contributed by atoms with Gasteiger partial charge in [0.25, 0.3) is 0 Å². The molecule has 45 heavy (non-hydrogen) atoms. The lowest BCUT2D eigenvalue weighted by Crippen LogP contribution is -2.14. The third-order valence-corrected chi connectivity index (χ3v) is 4.69. The molecule has 0 aliphatic heterocycles. The van der Waals surface area contributed by atoms with Gasteiger partial charge in [0, 0.05) is 38.9 Å². The number of carboxylic acid groups (broad SMARTS) is 6. The maximum Gasteiger partial charge on any atom is 0.402 e. The molecule has 3 amide bonds. The fourth-order valence-electron chi connectivity index (χ4n) is 2.95. The number of unbranched alkanes of at least 4 members (excludes halogenated alkanes) is 6. The summed E-state index contributed by atoms with van der Waals surface area (Å²) in [6, 6.07) is 0. The molecule has 1 heterocycles. The number of hydrogen-bond donors (Lipinski definition) is 12. The van der Waals surface area contributed by atoms with Gasteiger partial charge >= 0.3 is 36.2 Å². The molecule has 0 spiro atoms. The van der Waals surface area contributed by atoms with Crippen LogP contribution >= 0.6 is 0 Å². The predicted molar refractivity (Wildman–Crippen MR) is 160 cm³/mol. The number of hydrogen-bond acceptors (Lipinski definition) is 12. The smallest absolute Gasteiger partial charge is 0.402 e. The summed E-state index contributed by atoms with van der Waals surface area (Å²) in [5, 5.41) is 57.1. The van der Waals surface area contributed by atoms with Crippen LogP contribution in [0.25, 0.3) is 0 Å². The quantitative estimate of drug-likeness (QED) is 0.0844. The molecule has 0 fully saturated rings. The summed E-state index contributed by atoms with van der Waals surface area (Å²) in [5.41, 5.74) is 12.1. The Labute approximate surface area is 258 Å². The van der Waals surface area contributed by atoms with E-state index in [1.807, 2.05) is 0 Å². The predicted octanol–water partition coefficient (Wildman–Crippen LogP) is 1.91. The van der Waals surface area contributed by atoms with Gasteiger partial charge in [0.05, 0.1) is 0 Å².